The van der Waals surface area contributed by atoms with E-state index in [0.717, 1.165) is 17.0 Å². The van der Waals surface area contributed by atoms with Gasteiger partial charge in [-0.2, -0.15) is 5.10 Å². The van der Waals surface area contributed by atoms with E-state index in [4.69, 9.17) is 0 Å². The van der Waals surface area contributed by atoms with Gasteiger partial charge in [-0.1, -0.05) is 13.8 Å². The Bertz CT molecular complexity index is 488. The Hall–Kier alpha value is -1.03. The first-order chi connectivity index (χ1) is 7.06. The summed E-state index contributed by atoms with van der Waals surface area (Å²) in [5.74, 6) is 0. The summed E-state index contributed by atoms with van der Waals surface area (Å²) in [6, 6.07) is 4.10. The van der Waals surface area contributed by atoms with Crippen LogP contribution in [-0.4, -0.2) is 19.8 Å². The first-order valence-corrected chi connectivity index (χ1v) is 5.95. The highest BCUT2D eigenvalue weighted by Gasteiger charge is 2.08. The quantitative estimate of drug-likeness (QED) is 0.577. The lowest BCUT2D eigenvalue weighted by Gasteiger charge is -2.07. The van der Waals surface area contributed by atoms with Crippen molar-refractivity contribution < 1.29 is 0 Å². The van der Waals surface area contributed by atoms with Gasteiger partial charge in [-0.15, -0.1) is 11.8 Å². The molecule has 0 aliphatic rings. The number of thioether (sulfide) groups is 1. The molecule has 0 atom stereocenters. The van der Waals surface area contributed by atoms with Gasteiger partial charge in [0.2, 0.25) is 0 Å². The first kappa shape index (κ1) is 10.5. The van der Waals surface area contributed by atoms with E-state index in [1.54, 1.807) is 0 Å². The van der Waals surface area contributed by atoms with Crippen molar-refractivity contribution >= 4 is 17.4 Å². The zero-order chi connectivity index (χ0) is 11.0. The minimum atomic E-state index is 0.555. The standard InChI is InChI=1S/C11H15N3S/c1-7(2)15-11-6-8(3)12-10-5-9(4)13-14(10)11/h5-7H,1-4H3. The van der Waals surface area contributed by atoms with E-state index in [1.807, 2.05) is 36.2 Å². The van der Waals surface area contributed by atoms with Crippen molar-refractivity contribution in [2.24, 2.45) is 0 Å². The van der Waals surface area contributed by atoms with Crippen molar-refractivity contribution in [2.45, 2.75) is 38.0 Å². The molecule has 0 unspecified atom stereocenters. The van der Waals surface area contributed by atoms with Crippen LogP contribution in [0.4, 0.5) is 0 Å². The predicted molar refractivity (Wildman–Crippen MR) is 63.5 cm³/mol. The maximum absolute atomic E-state index is 4.45. The Morgan fingerprint density at radius 3 is 2.60 bits per heavy atom. The number of hydrogen-bond acceptors (Lipinski definition) is 3. The minimum absolute atomic E-state index is 0.555. The van der Waals surface area contributed by atoms with Crippen molar-refractivity contribution in [1.82, 2.24) is 14.6 Å². The molecule has 0 amide bonds. The Morgan fingerprint density at radius 1 is 1.20 bits per heavy atom. The third-order valence-electron chi connectivity index (χ3n) is 2.00. The van der Waals surface area contributed by atoms with Crippen molar-refractivity contribution in [3.63, 3.8) is 0 Å². The number of aryl methyl sites for hydroxylation is 2. The summed E-state index contributed by atoms with van der Waals surface area (Å²) in [5.41, 5.74) is 3.00. The van der Waals surface area contributed by atoms with E-state index < -0.39 is 0 Å². The summed E-state index contributed by atoms with van der Waals surface area (Å²) in [6.07, 6.45) is 0. The molecule has 2 aromatic heterocycles. The summed E-state index contributed by atoms with van der Waals surface area (Å²) < 4.78 is 1.92. The zero-order valence-electron chi connectivity index (χ0n) is 9.48. The van der Waals surface area contributed by atoms with Crippen LogP contribution < -0.4 is 0 Å². The predicted octanol–water partition coefficient (Wildman–Crippen LogP) is 2.85. The third kappa shape index (κ3) is 2.15. The Balaban J connectivity index is 2.59. The van der Waals surface area contributed by atoms with Crippen LogP contribution in [0, 0.1) is 13.8 Å². The van der Waals surface area contributed by atoms with Gasteiger partial charge in [0.15, 0.2) is 5.65 Å². The van der Waals surface area contributed by atoms with E-state index in [9.17, 15) is 0 Å². The number of hydrogen-bond donors (Lipinski definition) is 0. The second-order valence-corrected chi connectivity index (χ2v) is 5.55. The van der Waals surface area contributed by atoms with Gasteiger partial charge in [0.25, 0.3) is 0 Å². The monoisotopic (exact) mass is 221 g/mol. The van der Waals surface area contributed by atoms with Crippen molar-refractivity contribution in [2.75, 3.05) is 0 Å². The fraction of sp³-hybridized carbons (Fsp3) is 0.455. The molecule has 4 heteroatoms. The van der Waals surface area contributed by atoms with Gasteiger partial charge < -0.3 is 0 Å². The number of rotatable bonds is 2. The van der Waals surface area contributed by atoms with Gasteiger partial charge in [0.1, 0.15) is 5.03 Å². The van der Waals surface area contributed by atoms with Crippen LogP contribution >= 0.6 is 11.8 Å². The molecule has 15 heavy (non-hydrogen) atoms. The molecule has 0 fully saturated rings. The summed E-state index contributed by atoms with van der Waals surface area (Å²) in [7, 11) is 0. The Morgan fingerprint density at radius 2 is 1.93 bits per heavy atom. The molecule has 0 spiro atoms. The van der Waals surface area contributed by atoms with Crippen LogP contribution in [0.15, 0.2) is 17.2 Å². The van der Waals surface area contributed by atoms with Crippen molar-refractivity contribution in [3.05, 3.63) is 23.5 Å². The highest BCUT2D eigenvalue weighted by atomic mass is 32.2. The summed E-state index contributed by atoms with van der Waals surface area (Å²) in [5, 5.41) is 6.16. The normalized spacial score (nSPS) is 11.5. The fourth-order valence-electron chi connectivity index (χ4n) is 1.51. The highest BCUT2D eigenvalue weighted by molar-refractivity contribution is 7.99. The Labute approximate surface area is 93.9 Å². The molecule has 0 aromatic carbocycles. The van der Waals surface area contributed by atoms with E-state index in [0.29, 0.717) is 5.25 Å². The maximum atomic E-state index is 4.45. The van der Waals surface area contributed by atoms with Crippen LogP contribution in [-0.2, 0) is 0 Å². The molecular weight excluding hydrogens is 206 g/mol. The van der Waals surface area contributed by atoms with Crippen molar-refractivity contribution in [3.8, 4) is 0 Å². The topological polar surface area (TPSA) is 30.2 Å². The minimum Gasteiger partial charge on any atom is -0.234 e. The van der Waals surface area contributed by atoms with Crippen LogP contribution in [0.5, 0.6) is 0 Å². The first-order valence-electron chi connectivity index (χ1n) is 5.07. The molecule has 0 aliphatic heterocycles. The lowest BCUT2D eigenvalue weighted by Crippen LogP contribution is -1.99. The summed E-state index contributed by atoms with van der Waals surface area (Å²) >= 11 is 1.82. The van der Waals surface area contributed by atoms with Gasteiger partial charge in [0, 0.05) is 17.0 Å². The van der Waals surface area contributed by atoms with Crippen molar-refractivity contribution in [1.29, 1.82) is 0 Å². The van der Waals surface area contributed by atoms with Gasteiger partial charge in [-0.05, 0) is 19.9 Å². The Kier molecular flexibility index (Phi) is 2.69. The molecule has 2 aromatic rings. The molecule has 2 heterocycles. The number of nitrogens with zero attached hydrogens (tertiary/aromatic N) is 3. The molecule has 0 bridgehead atoms. The molecule has 0 aliphatic carbocycles. The van der Waals surface area contributed by atoms with Gasteiger partial charge in [-0.3, -0.25) is 0 Å². The number of fused-ring (bicyclic) bond motifs is 1. The largest absolute Gasteiger partial charge is 0.234 e. The molecule has 0 radical (unpaired) electrons. The van der Waals surface area contributed by atoms with E-state index >= 15 is 0 Å². The molecule has 0 saturated carbocycles. The molecule has 3 nitrogen and oxygen atoms in total. The van der Waals surface area contributed by atoms with E-state index in [2.05, 4.69) is 30.0 Å². The highest BCUT2D eigenvalue weighted by Crippen LogP contribution is 2.24. The van der Waals surface area contributed by atoms with Gasteiger partial charge >= 0.3 is 0 Å². The number of aromatic nitrogens is 3. The second-order valence-electron chi connectivity index (χ2n) is 3.96. The van der Waals surface area contributed by atoms with Crippen LogP contribution in [0.1, 0.15) is 25.2 Å². The maximum Gasteiger partial charge on any atom is 0.156 e. The average Bonchev–Trinajstić information content (AvgIpc) is 2.44. The van der Waals surface area contributed by atoms with Gasteiger partial charge in [-0.25, -0.2) is 9.50 Å². The molecular formula is C11H15N3S. The fourth-order valence-corrected chi connectivity index (χ4v) is 2.46. The zero-order valence-corrected chi connectivity index (χ0v) is 10.3. The third-order valence-corrected chi connectivity index (χ3v) is 3.00. The summed E-state index contributed by atoms with van der Waals surface area (Å²) in [6.45, 7) is 8.38. The smallest absolute Gasteiger partial charge is 0.156 e. The van der Waals surface area contributed by atoms with Crippen LogP contribution in [0.25, 0.3) is 5.65 Å². The van der Waals surface area contributed by atoms with E-state index in [1.165, 1.54) is 5.03 Å². The molecule has 2 rings (SSSR count). The summed E-state index contributed by atoms with van der Waals surface area (Å²) in [4.78, 5) is 4.45. The lowest BCUT2D eigenvalue weighted by molar-refractivity contribution is 0.819. The van der Waals surface area contributed by atoms with Gasteiger partial charge in [0.05, 0.1) is 5.69 Å². The molecule has 0 saturated heterocycles. The molecule has 0 N–H and O–H groups in total. The second kappa shape index (κ2) is 3.85. The van der Waals surface area contributed by atoms with Crippen LogP contribution in [0.3, 0.4) is 0 Å². The van der Waals surface area contributed by atoms with Crippen LogP contribution in [0.2, 0.25) is 0 Å². The average molecular weight is 221 g/mol. The molecule has 80 valence electrons. The SMILES string of the molecule is Cc1cc(SC(C)C)n2nc(C)cc2n1. The lowest BCUT2D eigenvalue weighted by atomic mass is 10.4. The van der Waals surface area contributed by atoms with E-state index in [-0.39, 0.29) is 0 Å².